The minimum atomic E-state index is -0.669. The van der Waals surface area contributed by atoms with Crippen LogP contribution in [0.15, 0.2) is 53.3 Å². The van der Waals surface area contributed by atoms with Gasteiger partial charge in [0.15, 0.2) is 5.69 Å². The number of aryl methyl sites for hydroxylation is 1. The van der Waals surface area contributed by atoms with Crippen molar-refractivity contribution < 1.29 is 9.18 Å². The van der Waals surface area contributed by atoms with Gasteiger partial charge in [0.25, 0.3) is 11.5 Å². The van der Waals surface area contributed by atoms with E-state index in [4.69, 9.17) is 0 Å². The fourth-order valence-electron chi connectivity index (χ4n) is 2.18. The van der Waals surface area contributed by atoms with E-state index in [2.05, 4.69) is 10.3 Å². The second kappa shape index (κ2) is 5.40. The molecule has 0 aliphatic carbocycles. The van der Waals surface area contributed by atoms with Crippen molar-refractivity contribution in [3.63, 3.8) is 0 Å². The first kappa shape index (κ1) is 13.9. The first-order valence-electron chi connectivity index (χ1n) is 6.59. The first-order chi connectivity index (χ1) is 10.6. The van der Waals surface area contributed by atoms with Gasteiger partial charge in [-0.05, 0) is 30.3 Å². The van der Waals surface area contributed by atoms with Gasteiger partial charge in [0, 0.05) is 12.7 Å². The number of para-hydroxylation sites is 2. The van der Waals surface area contributed by atoms with Gasteiger partial charge in [-0.15, -0.1) is 0 Å². The van der Waals surface area contributed by atoms with E-state index in [0.717, 1.165) is 0 Å². The maximum Gasteiger partial charge on any atom is 0.282 e. The molecule has 1 N–H and O–H groups in total. The van der Waals surface area contributed by atoms with Crippen LogP contribution >= 0.6 is 0 Å². The summed E-state index contributed by atoms with van der Waals surface area (Å²) in [5.41, 5.74) is 0.698. The number of carbonyl (C=O) groups excluding carboxylic acids is 1. The third kappa shape index (κ3) is 2.46. The molecule has 0 spiro atoms. The second-order valence-corrected chi connectivity index (χ2v) is 4.78. The number of carbonyl (C=O) groups is 1. The Morgan fingerprint density at radius 2 is 1.95 bits per heavy atom. The highest BCUT2D eigenvalue weighted by Crippen LogP contribution is 2.12. The Hall–Kier alpha value is -3.02. The number of rotatable bonds is 2. The zero-order valence-electron chi connectivity index (χ0n) is 11.7. The van der Waals surface area contributed by atoms with Crippen LogP contribution in [0.1, 0.15) is 10.5 Å². The summed E-state index contributed by atoms with van der Waals surface area (Å²) in [4.78, 5) is 28.6. The monoisotopic (exact) mass is 297 g/mol. The number of nitrogens with zero attached hydrogens (tertiary/aromatic N) is 2. The van der Waals surface area contributed by atoms with Crippen molar-refractivity contribution in [1.29, 1.82) is 0 Å². The topological polar surface area (TPSA) is 64.0 Å². The van der Waals surface area contributed by atoms with Crippen LogP contribution < -0.4 is 10.9 Å². The van der Waals surface area contributed by atoms with E-state index >= 15 is 0 Å². The van der Waals surface area contributed by atoms with E-state index in [1.807, 2.05) is 0 Å². The summed E-state index contributed by atoms with van der Waals surface area (Å²) in [5, 5.41) is 2.48. The van der Waals surface area contributed by atoms with Gasteiger partial charge in [-0.2, -0.15) is 0 Å². The molecule has 5 nitrogen and oxygen atoms in total. The molecule has 6 heteroatoms. The highest BCUT2D eigenvalue weighted by Gasteiger charge is 2.16. The Bertz CT molecular complexity index is 934. The number of hydrogen-bond acceptors (Lipinski definition) is 3. The standard InChI is InChI=1S/C16H12FN3O2/c1-20-13-8-3-2-7-12(13)19-14(16(20)22)15(21)18-11-6-4-5-10(17)9-11/h2-9H,1H3,(H,18,21). The molecule has 2 aromatic carbocycles. The molecular formula is C16H12FN3O2. The Morgan fingerprint density at radius 3 is 2.73 bits per heavy atom. The van der Waals surface area contributed by atoms with Crippen molar-refractivity contribution in [1.82, 2.24) is 9.55 Å². The molecule has 22 heavy (non-hydrogen) atoms. The summed E-state index contributed by atoms with van der Waals surface area (Å²) in [6, 6.07) is 12.5. The van der Waals surface area contributed by atoms with Crippen molar-refractivity contribution >= 4 is 22.6 Å². The zero-order valence-corrected chi connectivity index (χ0v) is 11.7. The molecule has 110 valence electrons. The molecule has 0 atom stereocenters. The minimum absolute atomic E-state index is 0.231. The second-order valence-electron chi connectivity index (χ2n) is 4.78. The van der Waals surface area contributed by atoms with Gasteiger partial charge in [-0.1, -0.05) is 18.2 Å². The lowest BCUT2D eigenvalue weighted by molar-refractivity contribution is 0.102. The van der Waals surface area contributed by atoms with Crippen LogP contribution in [-0.2, 0) is 7.05 Å². The molecule has 0 saturated heterocycles. The average Bonchev–Trinajstić information content (AvgIpc) is 2.51. The summed E-state index contributed by atoms with van der Waals surface area (Å²) in [6.07, 6.45) is 0. The lowest BCUT2D eigenvalue weighted by Crippen LogP contribution is -2.29. The molecule has 0 fully saturated rings. The van der Waals surface area contributed by atoms with Crippen molar-refractivity contribution in [3.8, 4) is 0 Å². The molecule has 0 saturated carbocycles. The van der Waals surface area contributed by atoms with Crippen molar-refractivity contribution in [2.45, 2.75) is 0 Å². The summed E-state index contributed by atoms with van der Waals surface area (Å²) >= 11 is 0. The van der Waals surface area contributed by atoms with Crippen LogP contribution in [0.2, 0.25) is 0 Å². The van der Waals surface area contributed by atoms with Gasteiger partial charge in [0.05, 0.1) is 11.0 Å². The number of hydrogen-bond donors (Lipinski definition) is 1. The van der Waals surface area contributed by atoms with Crippen LogP contribution in [0.25, 0.3) is 11.0 Å². The van der Waals surface area contributed by atoms with E-state index < -0.39 is 17.3 Å². The largest absolute Gasteiger partial charge is 0.320 e. The molecule has 0 aliphatic heterocycles. The van der Waals surface area contributed by atoms with Gasteiger partial charge >= 0.3 is 0 Å². The number of anilines is 1. The lowest BCUT2D eigenvalue weighted by Gasteiger charge is -2.08. The number of amides is 1. The van der Waals surface area contributed by atoms with Crippen molar-refractivity contribution in [3.05, 3.63) is 70.4 Å². The maximum absolute atomic E-state index is 13.1. The predicted octanol–water partition coefficient (Wildman–Crippen LogP) is 2.32. The normalized spacial score (nSPS) is 10.6. The van der Waals surface area contributed by atoms with Crippen LogP contribution in [0.3, 0.4) is 0 Å². The fourth-order valence-corrected chi connectivity index (χ4v) is 2.18. The molecular weight excluding hydrogens is 285 g/mol. The maximum atomic E-state index is 13.1. The lowest BCUT2D eigenvalue weighted by atomic mass is 10.2. The molecule has 3 aromatic rings. The van der Waals surface area contributed by atoms with E-state index in [1.54, 1.807) is 31.3 Å². The van der Waals surface area contributed by atoms with Crippen LogP contribution in [0.4, 0.5) is 10.1 Å². The quantitative estimate of drug-likeness (QED) is 0.789. The Labute approximate surface area is 125 Å². The van der Waals surface area contributed by atoms with Gasteiger partial charge in [-0.3, -0.25) is 9.59 Å². The molecule has 1 aromatic heterocycles. The summed E-state index contributed by atoms with van der Waals surface area (Å²) in [5.74, 6) is -1.14. The Kier molecular flexibility index (Phi) is 3.42. The van der Waals surface area contributed by atoms with E-state index in [0.29, 0.717) is 11.0 Å². The van der Waals surface area contributed by atoms with Crippen molar-refractivity contribution in [2.24, 2.45) is 7.05 Å². The van der Waals surface area contributed by atoms with Gasteiger partial charge in [0.1, 0.15) is 5.82 Å². The first-order valence-corrected chi connectivity index (χ1v) is 6.59. The molecule has 0 aliphatic rings. The van der Waals surface area contributed by atoms with E-state index in [-0.39, 0.29) is 11.4 Å². The van der Waals surface area contributed by atoms with E-state index in [9.17, 15) is 14.0 Å². The molecule has 0 radical (unpaired) electrons. The van der Waals surface area contributed by atoms with Crippen molar-refractivity contribution in [2.75, 3.05) is 5.32 Å². The molecule has 3 rings (SSSR count). The summed E-state index contributed by atoms with van der Waals surface area (Å²) in [6.45, 7) is 0. The Balaban J connectivity index is 2.04. The highest BCUT2D eigenvalue weighted by atomic mass is 19.1. The minimum Gasteiger partial charge on any atom is -0.320 e. The van der Waals surface area contributed by atoms with Gasteiger partial charge < -0.3 is 9.88 Å². The Morgan fingerprint density at radius 1 is 1.18 bits per heavy atom. The number of aromatic nitrogens is 2. The zero-order chi connectivity index (χ0) is 15.7. The molecule has 1 amide bonds. The summed E-state index contributed by atoms with van der Waals surface area (Å²) in [7, 11) is 1.57. The number of nitrogens with one attached hydrogen (secondary N) is 1. The molecule has 0 unspecified atom stereocenters. The molecule has 1 heterocycles. The average molecular weight is 297 g/mol. The van der Waals surface area contributed by atoms with E-state index in [1.165, 1.54) is 28.8 Å². The fraction of sp³-hybridized carbons (Fsp3) is 0.0625. The third-order valence-electron chi connectivity index (χ3n) is 3.28. The van der Waals surface area contributed by atoms with Crippen LogP contribution in [0, 0.1) is 5.82 Å². The summed E-state index contributed by atoms with van der Waals surface area (Å²) < 4.78 is 14.5. The smallest absolute Gasteiger partial charge is 0.282 e. The van der Waals surface area contributed by atoms with Crippen LogP contribution in [-0.4, -0.2) is 15.5 Å². The number of benzene rings is 2. The highest BCUT2D eigenvalue weighted by molar-refractivity contribution is 6.03. The predicted molar refractivity (Wildman–Crippen MR) is 81.3 cm³/mol. The number of halogens is 1. The molecule has 0 bridgehead atoms. The van der Waals surface area contributed by atoms with Crippen LogP contribution in [0.5, 0.6) is 0 Å². The SMILES string of the molecule is Cn1c(=O)c(C(=O)Nc2cccc(F)c2)nc2ccccc21. The number of fused-ring (bicyclic) bond motifs is 1. The van der Waals surface area contributed by atoms with Gasteiger partial charge in [0.2, 0.25) is 0 Å². The third-order valence-corrected chi connectivity index (χ3v) is 3.28. The van der Waals surface area contributed by atoms with Gasteiger partial charge in [-0.25, -0.2) is 9.37 Å².